The molecule has 134 valence electrons. The second-order valence-electron chi connectivity index (χ2n) is 5.05. The standard InChI is InChI=1S/C17H22N4O4/c1-4-25-13-7-5-12(6-8-13)15(10-23-2)21-17(22)20-14-9-18-11-19-16(14)24-3/h5-9,11,15H,4,10H2,1-3H3,(H2,20,21,22). The minimum atomic E-state index is -0.413. The van der Waals surface area contributed by atoms with Crippen molar-refractivity contribution in [2.45, 2.75) is 13.0 Å². The van der Waals surface area contributed by atoms with Gasteiger partial charge < -0.3 is 24.8 Å². The number of benzene rings is 1. The van der Waals surface area contributed by atoms with E-state index in [0.29, 0.717) is 18.9 Å². The van der Waals surface area contributed by atoms with Gasteiger partial charge >= 0.3 is 6.03 Å². The first-order valence-electron chi connectivity index (χ1n) is 7.81. The van der Waals surface area contributed by atoms with Crippen LogP contribution in [0.25, 0.3) is 0 Å². The normalized spacial score (nSPS) is 11.5. The summed E-state index contributed by atoms with van der Waals surface area (Å²) in [5.41, 5.74) is 1.28. The van der Waals surface area contributed by atoms with Gasteiger partial charge in [0, 0.05) is 7.11 Å². The number of urea groups is 1. The highest BCUT2D eigenvalue weighted by molar-refractivity contribution is 5.90. The molecule has 8 heteroatoms. The van der Waals surface area contributed by atoms with Crippen molar-refractivity contribution in [2.24, 2.45) is 0 Å². The Labute approximate surface area is 146 Å². The van der Waals surface area contributed by atoms with E-state index >= 15 is 0 Å². The monoisotopic (exact) mass is 346 g/mol. The molecule has 8 nitrogen and oxygen atoms in total. The number of amides is 2. The molecule has 1 atom stereocenters. The fraction of sp³-hybridized carbons (Fsp3) is 0.353. The van der Waals surface area contributed by atoms with Crippen LogP contribution in [0.1, 0.15) is 18.5 Å². The van der Waals surface area contributed by atoms with Crippen LogP contribution in [-0.4, -0.2) is 43.4 Å². The first-order valence-corrected chi connectivity index (χ1v) is 7.81. The minimum Gasteiger partial charge on any atom is -0.494 e. The maximum absolute atomic E-state index is 12.3. The summed E-state index contributed by atoms with van der Waals surface area (Å²) in [4.78, 5) is 20.1. The van der Waals surface area contributed by atoms with Crippen molar-refractivity contribution < 1.29 is 19.0 Å². The highest BCUT2D eigenvalue weighted by Gasteiger charge is 2.16. The van der Waals surface area contributed by atoms with Crippen LogP contribution >= 0.6 is 0 Å². The number of carbonyl (C=O) groups is 1. The number of carbonyl (C=O) groups excluding carboxylic acids is 1. The summed E-state index contributed by atoms with van der Waals surface area (Å²) in [6.45, 7) is 2.85. The molecule has 2 aromatic rings. The number of ether oxygens (including phenoxy) is 3. The van der Waals surface area contributed by atoms with Crippen LogP contribution in [0, 0.1) is 0 Å². The zero-order chi connectivity index (χ0) is 18.1. The topological polar surface area (TPSA) is 94.6 Å². The van der Waals surface area contributed by atoms with E-state index in [1.807, 2.05) is 31.2 Å². The van der Waals surface area contributed by atoms with Crippen molar-refractivity contribution in [2.75, 3.05) is 32.8 Å². The molecule has 0 saturated carbocycles. The SMILES string of the molecule is CCOc1ccc(C(COC)NC(=O)Nc2cncnc2OC)cc1. The molecule has 2 rings (SSSR count). The lowest BCUT2D eigenvalue weighted by molar-refractivity contribution is 0.168. The predicted molar refractivity (Wildman–Crippen MR) is 93.0 cm³/mol. The molecule has 0 aliphatic heterocycles. The van der Waals surface area contributed by atoms with E-state index in [1.165, 1.54) is 19.6 Å². The van der Waals surface area contributed by atoms with Crippen molar-refractivity contribution in [1.82, 2.24) is 15.3 Å². The molecular formula is C17H22N4O4. The molecule has 25 heavy (non-hydrogen) atoms. The Kier molecular flexibility index (Phi) is 6.97. The fourth-order valence-corrected chi connectivity index (χ4v) is 2.23. The summed E-state index contributed by atoms with van der Waals surface area (Å²) in [6.07, 6.45) is 2.81. The first kappa shape index (κ1) is 18.5. The van der Waals surface area contributed by atoms with Gasteiger partial charge in [-0.3, -0.25) is 0 Å². The van der Waals surface area contributed by atoms with Crippen LogP contribution in [0.5, 0.6) is 11.6 Å². The third kappa shape index (κ3) is 5.32. The summed E-state index contributed by atoms with van der Waals surface area (Å²) in [6, 6.07) is 6.76. The Morgan fingerprint density at radius 1 is 1.24 bits per heavy atom. The molecule has 1 unspecified atom stereocenters. The van der Waals surface area contributed by atoms with Gasteiger partial charge in [0.1, 0.15) is 17.8 Å². The van der Waals surface area contributed by atoms with E-state index in [9.17, 15) is 4.79 Å². The van der Waals surface area contributed by atoms with Crippen molar-refractivity contribution in [1.29, 1.82) is 0 Å². The van der Waals surface area contributed by atoms with Crippen LogP contribution < -0.4 is 20.1 Å². The molecule has 0 saturated heterocycles. The van der Waals surface area contributed by atoms with Crippen LogP contribution in [0.2, 0.25) is 0 Å². The molecule has 0 aliphatic rings. The predicted octanol–water partition coefficient (Wildman–Crippen LogP) is 2.39. The number of anilines is 1. The summed E-state index contributed by atoms with van der Waals surface area (Å²) >= 11 is 0. The summed E-state index contributed by atoms with van der Waals surface area (Å²) < 4.78 is 15.7. The van der Waals surface area contributed by atoms with Crippen LogP contribution in [-0.2, 0) is 4.74 Å². The van der Waals surface area contributed by atoms with Crippen molar-refractivity contribution >= 4 is 11.7 Å². The van der Waals surface area contributed by atoms with E-state index in [4.69, 9.17) is 14.2 Å². The number of hydrogen-bond donors (Lipinski definition) is 2. The molecule has 2 amide bonds. The van der Waals surface area contributed by atoms with Crippen LogP contribution in [0.4, 0.5) is 10.5 Å². The van der Waals surface area contributed by atoms with E-state index in [-0.39, 0.29) is 11.9 Å². The van der Waals surface area contributed by atoms with Gasteiger partial charge in [0.2, 0.25) is 5.88 Å². The minimum absolute atomic E-state index is 0.287. The second kappa shape index (κ2) is 9.43. The Morgan fingerprint density at radius 2 is 2.00 bits per heavy atom. The Balaban J connectivity index is 2.06. The molecule has 2 N–H and O–H groups in total. The molecule has 0 radical (unpaired) electrons. The first-order chi connectivity index (χ1) is 12.2. The van der Waals surface area contributed by atoms with Gasteiger partial charge in [-0.2, -0.15) is 4.98 Å². The average Bonchev–Trinajstić information content (AvgIpc) is 2.63. The highest BCUT2D eigenvalue weighted by Crippen LogP contribution is 2.20. The quantitative estimate of drug-likeness (QED) is 0.762. The number of aromatic nitrogens is 2. The number of hydrogen-bond acceptors (Lipinski definition) is 6. The van der Waals surface area contributed by atoms with Gasteiger partial charge in [0.05, 0.1) is 32.6 Å². The van der Waals surface area contributed by atoms with E-state index in [2.05, 4.69) is 20.6 Å². The highest BCUT2D eigenvalue weighted by atomic mass is 16.5. The summed E-state index contributed by atoms with van der Waals surface area (Å²) in [5.74, 6) is 1.06. The maximum Gasteiger partial charge on any atom is 0.319 e. The molecule has 1 aromatic heterocycles. The molecule has 0 bridgehead atoms. The lowest BCUT2D eigenvalue weighted by Gasteiger charge is -2.19. The van der Waals surface area contributed by atoms with Gasteiger partial charge in [-0.25, -0.2) is 9.78 Å². The van der Waals surface area contributed by atoms with Gasteiger partial charge in [0.25, 0.3) is 0 Å². The number of nitrogens with one attached hydrogen (secondary N) is 2. The van der Waals surface area contributed by atoms with Crippen molar-refractivity contribution in [3.05, 3.63) is 42.4 Å². The zero-order valence-corrected chi connectivity index (χ0v) is 14.5. The molecule has 0 aliphatic carbocycles. The lowest BCUT2D eigenvalue weighted by atomic mass is 10.1. The maximum atomic E-state index is 12.3. The second-order valence-corrected chi connectivity index (χ2v) is 5.05. The van der Waals surface area contributed by atoms with Gasteiger partial charge in [0.15, 0.2) is 0 Å². The fourth-order valence-electron chi connectivity index (χ4n) is 2.23. The summed E-state index contributed by atoms with van der Waals surface area (Å²) in [5, 5.41) is 5.53. The number of rotatable bonds is 8. The van der Waals surface area contributed by atoms with Gasteiger partial charge in [-0.15, -0.1) is 0 Å². The van der Waals surface area contributed by atoms with Gasteiger partial charge in [-0.1, -0.05) is 12.1 Å². The third-order valence-corrected chi connectivity index (χ3v) is 3.35. The molecule has 0 spiro atoms. The number of methoxy groups -OCH3 is 2. The number of nitrogens with zero attached hydrogens (tertiary/aromatic N) is 2. The smallest absolute Gasteiger partial charge is 0.319 e. The van der Waals surface area contributed by atoms with E-state index in [0.717, 1.165) is 11.3 Å². The Morgan fingerprint density at radius 3 is 2.64 bits per heavy atom. The average molecular weight is 346 g/mol. The van der Waals surface area contributed by atoms with Crippen molar-refractivity contribution in [3.8, 4) is 11.6 Å². The summed E-state index contributed by atoms with van der Waals surface area (Å²) in [7, 11) is 3.05. The van der Waals surface area contributed by atoms with Gasteiger partial charge in [-0.05, 0) is 24.6 Å². The molecule has 1 heterocycles. The third-order valence-electron chi connectivity index (χ3n) is 3.35. The van der Waals surface area contributed by atoms with E-state index in [1.54, 1.807) is 7.11 Å². The Hall–Kier alpha value is -2.87. The van der Waals surface area contributed by atoms with E-state index < -0.39 is 6.03 Å². The lowest BCUT2D eigenvalue weighted by Crippen LogP contribution is -2.35. The Bertz CT molecular complexity index is 679. The van der Waals surface area contributed by atoms with Crippen molar-refractivity contribution in [3.63, 3.8) is 0 Å². The largest absolute Gasteiger partial charge is 0.494 e. The molecule has 1 aromatic carbocycles. The van der Waals surface area contributed by atoms with Crippen LogP contribution in [0.3, 0.4) is 0 Å². The molecular weight excluding hydrogens is 324 g/mol. The van der Waals surface area contributed by atoms with Crippen LogP contribution in [0.15, 0.2) is 36.8 Å². The molecule has 0 fully saturated rings. The zero-order valence-electron chi connectivity index (χ0n) is 14.5.